The highest BCUT2D eigenvalue weighted by molar-refractivity contribution is 6.03. The number of aromatic nitrogens is 3. The van der Waals surface area contributed by atoms with Crippen LogP contribution in [0.3, 0.4) is 0 Å². The zero-order chi connectivity index (χ0) is 21.8. The van der Waals surface area contributed by atoms with Crippen LogP contribution < -0.4 is 10.1 Å². The molecular weight excluding hydrogens is 402 g/mol. The Morgan fingerprint density at radius 2 is 1.94 bits per heavy atom. The summed E-state index contributed by atoms with van der Waals surface area (Å²) in [5, 5.41) is 10.7. The van der Waals surface area contributed by atoms with Crippen molar-refractivity contribution in [1.82, 2.24) is 20.1 Å². The smallest absolute Gasteiger partial charge is 0.274 e. The van der Waals surface area contributed by atoms with Crippen LogP contribution in [0, 0.1) is 0 Å². The number of piperidine rings is 1. The molecule has 1 fully saturated rings. The summed E-state index contributed by atoms with van der Waals surface area (Å²) in [6.07, 6.45) is 5.41. The highest BCUT2D eigenvalue weighted by Gasteiger charge is 2.21. The minimum atomic E-state index is -0.268. The zero-order valence-electron chi connectivity index (χ0n) is 17.7. The number of aromatic amines is 1. The number of ether oxygens (including phenoxy) is 1. The van der Waals surface area contributed by atoms with Crippen LogP contribution in [-0.4, -0.2) is 45.2 Å². The summed E-state index contributed by atoms with van der Waals surface area (Å²) in [6.45, 7) is 2.96. The second kappa shape index (κ2) is 9.20. The molecule has 0 unspecified atom stereocenters. The molecule has 32 heavy (non-hydrogen) atoms. The summed E-state index contributed by atoms with van der Waals surface area (Å²) in [5.41, 5.74) is 3.29. The summed E-state index contributed by atoms with van der Waals surface area (Å²) in [7, 11) is 0. The molecule has 3 heterocycles. The summed E-state index contributed by atoms with van der Waals surface area (Å²) in [6, 6.07) is 19.7. The Bertz CT molecular complexity index is 1200. The number of nitrogens with one attached hydrogen (secondary N) is 2. The third-order valence-electron chi connectivity index (χ3n) is 5.75. The van der Waals surface area contributed by atoms with E-state index in [4.69, 9.17) is 4.74 Å². The van der Waals surface area contributed by atoms with Gasteiger partial charge >= 0.3 is 0 Å². The molecule has 0 bridgehead atoms. The lowest BCUT2D eigenvalue weighted by Crippen LogP contribution is -2.37. The number of anilines is 1. The van der Waals surface area contributed by atoms with Crippen molar-refractivity contribution in [2.45, 2.75) is 25.5 Å². The quantitative estimate of drug-likeness (QED) is 0.481. The van der Waals surface area contributed by atoms with Gasteiger partial charge in [-0.3, -0.25) is 19.8 Å². The number of amides is 1. The largest absolute Gasteiger partial charge is 0.490 e. The molecule has 0 saturated carbocycles. The highest BCUT2D eigenvalue weighted by atomic mass is 16.5. The Hall–Kier alpha value is -3.71. The van der Waals surface area contributed by atoms with E-state index in [0.29, 0.717) is 17.1 Å². The number of benzene rings is 2. The molecule has 1 saturated heterocycles. The van der Waals surface area contributed by atoms with E-state index in [9.17, 15) is 4.79 Å². The summed E-state index contributed by atoms with van der Waals surface area (Å²) >= 11 is 0. The number of fused-ring (bicyclic) bond motifs is 1. The van der Waals surface area contributed by atoms with Crippen LogP contribution in [0.15, 0.2) is 73.1 Å². The molecule has 1 aliphatic heterocycles. The fourth-order valence-electron chi connectivity index (χ4n) is 4.04. The number of rotatable bonds is 6. The maximum atomic E-state index is 12.7. The van der Waals surface area contributed by atoms with Crippen LogP contribution in [0.25, 0.3) is 10.9 Å². The molecule has 0 radical (unpaired) electrons. The molecule has 5 rings (SSSR count). The molecule has 162 valence electrons. The molecule has 2 aromatic heterocycles. The molecule has 2 aromatic carbocycles. The number of carbonyl (C=O) groups is 1. The standard InChI is InChI=1S/C25H25N5O2/c31-25(28-20-6-7-23-19(14-20)16-27-29-23)24-15-22(8-11-26-24)32-21-9-12-30(13-10-21)17-18-4-2-1-3-5-18/h1-8,11,14-16,21H,9-10,12-13,17H2,(H,27,29)(H,28,31). The molecular formula is C25H25N5O2. The van der Waals surface area contributed by atoms with Gasteiger partial charge in [0.05, 0.1) is 11.7 Å². The van der Waals surface area contributed by atoms with E-state index in [-0.39, 0.29) is 12.0 Å². The number of H-pyrrole nitrogens is 1. The highest BCUT2D eigenvalue weighted by Crippen LogP contribution is 2.22. The number of pyridine rings is 1. The first-order chi connectivity index (χ1) is 15.7. The summed E-state index contributed by atoms with van der Waals surface area (Å²) in [4.78, 5) is 19.4. The zero-order valence-corrected chi connectivity index (χ0v) is 17.7. The molecule has 2 N–H and O–H groups in total. The molecule has 7 nitrogen and oxygen atoms in total. The fraction of sp³-hybridized carbons (Fsp3) is 0.240. The third kappa shape index (κ3) is 4.78. The molecule has 1 aliphatic rings. The van der Waals surface area contributed by atoms with Crippen molar-refractivity contribution in [3.8, 4) is 5.75 Å². The van der Waals surface area contributed by atoms with Gasteiger partial charge < -0.3 is 10.1 Å². The van der Waals surface area contributed by atoms with Gasteiger partial charge in [0.1, 0.15) is 17.5 Å². The van der Waals surface area contributed by atoms with Crippen molar-refractivity contribution < 1.29 is 9.53 Å². The van der Waals surface area contributed by atoms with Gasteiger partial charge in [0, 0.05) is 43.0 Å². The SMILES string of the molecule is O=C(Nc1ccc2[nH]ncc2c1)c1cc(OC2CCN(Cc3ccccc3)CC2)ccn1. The molecule has 0 aliphatic carbocycles. The Morgan fingerprint density at radius 3 is 2.78 bits per heavy atom. The minimum Gasteiger partial charge on any atom is -0.490 e. The first kappa shape index (κ1) is 20.2. The Morgan fingerprint density at radius 1 is 1.09 bits per heavy atom. The lowest BCUT2D eigenvalue weighted by Gasteiger charge is -2.32. The van der Waals surface area contributed by atoms with Gasteiger partial charge in [0.15, 0.2) is 0 Å². The van der Waals surface area contributed by atoms with E-state index < -0.39 is 0 Å². The van der Waals surface area contributed by atoms with Gasteiger partial charge in [0.2, 0.25) is 0 Å². The van der Waals surface area contributed by atoms with Crippen molar-refractivity contribution in [2.24, 2.45) is 0 Å². The van der Waals surface area contributed by atoms with E-state index in [0.717, 1.165) is 43.4 Å². The third-order valence-corrected chi connectivity index (χ3v) is 5.75. The van der Waals surface area contributed by atoms with Crippen LogP contribution in [0.2, 0.25) is 0 Å². The lowest BCUT2D eigenvalue weighted by molar-refractivity contribution is 0.0958. The summed E-state index contributed by atoms with van der Waals surface area (Å²) in [5.74, 6) is 0.410. The van der Waals surface area contributed by atoms with Crippen LogP contribution >= 0.6 is 0 Å². The average molecular weight is 428 g/mol. The molecule has 0 atom stereocenters. The first-order valence-electron chi connectivity index (χ1n) is 10.9. The normalized spacial score (nSPS) is 15.0. The van der Waals surface area contributed by atoms with Crippen LogP contribution in [0.5, 0.6) is 5.75 Å². The van der Waals surface area contributed by atoms with E-state index >= 15 is 0 Å². The number of hydrogen-bond acceptors (Lipinski definition) is 5. The van der Waals surface area contributed by atoms with Crippen molar-refractivity contribution in [3.05, 3.63) is 84.3 Å². The maximum Gasteiger partial charge on any atom is 0.274 e. The second-order valence-corrected chi connectivity index (χ2v) is 8.08. The second-order valence-electron chi connectivity index (χ2n) is 8.08. The fourth-order valence-corrected chi connectivity index (χ4v) is 4.04. The van der Waals surface area contributed by atoms with Gasteiger partial charge in [-0.15, -0.1) is 0 Å². The average Bonchev–Trinajstić information content (AvgIpc) is 3.29. The van der Waals surface area contributed by atoms with E-state index in [2.05, 4.69) is 49.7 Å². The van der Waals surface area contributed by atoms with Crippen molar-refractivity contribution in [1.29, 1.82) is 0 Å². The van der Waals surface area contributed by atoms with E-state index in [1.54, 1.807) is 18.5 Å². The van der Waals surface area contributed by atoms with Crippen LogP contribution in [0.4, 0.5) is 5.69 Å². The number of carbonyl (C=O) groups excluding carboxylic acids is 1. The number of nitrogens with zero attached hydrogens (tertiary/aromatic N) is 3. The predicted molar refractivity (Wildman–Crippen MR) is 124 cm³/mol. The molecule has 1 amide bonds. The first-order valence-corrected chi connectivity index (χ1v) is 10.9. The number of hydrogen-bond donors (Lipinski definition) is 2. The lowest BCUT2D eigenvalue weighted by atomic mass is 10.1. The Labute approximate surface area is 186 Å². The number of likely N-dealkylation sites (tertiary alicyclic amines) is 1. The molecule has 7 heteroatoms. The predicted octanol–water partition coefficient (Wildman–Crippen LogP) is 4.25. The van der Waals surface area contributed by atoms with Crippen molar-refractivity contribution in [3.63, 3.8) is 0 Å². The van der Waals surface area contributed by atoms with E-state index in [1.165, 1.54) is 5.56 Å². The van der Waals surface area contributed by atoms with Gasteiger partial charge in [-0.25, -0.2) is 0 Å². The monoisotopic (exact) mass is 427 g/mol. The Kier molecular flexibility index (Phi) is 5.81. The van der Waals surface area contributed by atoms with Crippen molar-refractivity contribution >= 4 is 22.5 Å². The van der Waals surface area contributed by atoms with Gasteiger partial charge in [-0.05, 0) is 42.7 Å². The minimum absolute atomic E-state index is 0.142. The van der Waals surface area contributed by atoms with Crippen LogP contribution in [0.1, 0.15) is 28.9 Å². The topological polar surface area (TPSA) is 83.1 Å². The van der Waals surface area contributed by atoms with E-state index in [1.807, 2.05) is 30.3 Å². The summed E-state index contributed by atoms with van der Waals surface area (Å²) < 4.78 is 6.18. The van der Waals surface area contributed by atoms with Crippen LogP contribution in [-0.2, 0) is 6.54 Å². The maximum absolute atomic E-state index is 12.7. The van der Waals surface area contributed by atoms with Gasteiger partial charge in [0.25, 0.3) is 5.91 Å². The van der Waals surface area contributed by atoms with Gasteiger partial charge in [-0.1, -0.05) is 30.3 Å². The molecule has 4 aromatic rings. The van der Waals surface area contributed by atoms with Crippen molar-refractivity contribution in [2.75, 3.05) is 18.4 Å². The molecule has 0 spiro atoms. The Balaban J connectivity index is 1.17. The van der Waals surface area contributed by atoms with Gasteiger partial charge in [-0.2, -0.15) is 5.10 Å².